The highest BCUT2D eigenvalue weighted by atomic mass is 32.1. The fourth-order valence-corrected chi connectivity index (χ4v) is 4.47. The molecule has 0 aliphatic rings. The lowest BCUT2D eigenvalue weighted by Crippen LogP contribution is -2.23. The molecule has 5 aromatic heterocycles. The number of aromatic nitrogens is 6. The Morgan fingerprint density at radius 2 is 1.88 bits per heavy atom. The van der Waals surface area contributed by atoms with Crippen LogP contribution in [0, 0.1) is 19.8 Å². The Balaban J connectivity index is 1.22. The lowest BCUT2D eigenvalue weighted by Gasteiger charge is -2.08. The predicted molar refractivity (Wildman–Crippen MR) is 152 cm³/mol. The highest BCUT2D eigenvalue weighted by Crippen LogP contribution is 2.22. The number of rotatable bonds is 8. The molecular weight excluding hydrogens is 529 g/mol. The van der Waals surface area contributed by atoms with Crippen molar-refractivity contribution < 1.29 is 9.18 Å². The topological polar surface area (TPSA) is 131 Å². The maximum Gasteiger partial charge on any atom is 0.270 e. The van der Waals surface area contributed by atoms with Gasteiger partial charge in [0.25, 0.3) is 5.91 Å². The van der Waals surface area contributed by atoms with Crippen LogP contribution in [0.3, 0.4) is 0 Å². The Hall–Kier alpha value is -4.97. The summed E-state index contributed by atoms with van der Waals surface area (Å²) in [6.07, 6.45) is 4.98. The highest BCUT2D eigenvalue weighted by Gasteiger charge is 2.12. The number of amides is 1. The molecule has 0 saturated carbocycles. The molecule has 0 unspecified atom stereocenters. The van der Waals surface area contributed by atoms with Gasteiger partial charge in [0.1, 0.15) is 17.3 Å². The summed E-state index contributed by atoms with van der Waals surface area (Å²) in [7, 11) is 1.71. The maximum atomic E-state index is 13.3. The van der Waals surface area contributed by atoms with Gasteiger partial charge in [0, 0.05) is 66.8 Å². The second-order valence-corrected chi connectivity index (χ2v) is 9.61. The number of pyridine rings is 3. The SMILES string of the molecule is CN=Cc1cc(Nc2cc(C)nc(-c3ccc(C(=O)NCc4ccc(-c5ccc(F)nc5C)nc4)nc3)n2)ns1. The van der Waals surface area contributed by atoms with Crippen molar-refractivity contribution in [2.24, 2.45) is 4.99 Å². The first kappa shape index (κ1) is 26.6. The van der Waals surface area contributed by atoms with Gasteiger partial charge in [-0.15, -0.1) is 0 Å². The molecule has 0 saturated heterocycles. The standard InChI is InChI=1S/C28H24FN9OS/c1-16-10-25(36-26-11-20(15-30-3)40-38-26)37-27(34-16)19-5-8-23(32-14-19)28(39)33-13-18-4-7-22(31-12-18)21-6-9-24(29)35-17(21)2/h4-12,14-15H,13H2,1-3H3,(H,33,39)(H,34,36,37,38). The lowest BCUT2D eigenvalue weighted by molar-refractivity contribution is 0.0946. The first-order valence-corrected chi connectivity index (χ1v) is 13.0. The normalized spacial score (nSPS) is 11.1. The molecule has 0 bridgehead atoms. The van der Waals surface area contributed by atoms with Crippen molar-refractivity contribution in [1.29, 1.82) is 0 Å². The van der Waals surface area contributed by atoms with Gasteiger partial charge in [0.05, 0.1) is 10.6 Å². The van der Waals surface area contributed by atoms with Gasteiger partial charge < -0.3 is 10.6 Å². The van der Waals surface area contributed by atoms with Crippen molar-refractivity contribution in [1.82, 2.24) is 34.6 Å². The monoisotopic (exact) mass is 553 g/mol. The summed E-state index contributed by atoms with van der Waals surface area (Å²) in [6.45, 7) is 3.88. The van der Waals surface area contributed by atoms with Crippen LogP contribution in [0.4, 0.5) is 16.0 Å². The van der Waals surface area contributed by atoms with Crippen molar-refractivity contribution in [3.63, 3.8) is 0 Å². The zero-order valence-electron chi connectivity index (χ0n) is 21.9. The van der Waals surface area contributed by atoms with E-state index in [0.717, 1.165) is 21.7 Å². The minimum atomic E-state index is -0.529. The molecule has 40 heavy (non-hydrogen) atoms. The van der Waals surface area contributed by atoms with E-state index in [-0.39, 0.29) is 18.1 Å². The maximum absolute atomic E-state index is 13.3. The van der Waals surface area contributed by atoms with E-state index < -0.39 is 5.95 Å². The molecule has 0 aliphatic carbocycles. The van der Waals surface area contributed by atoms with Crippen LogP contribution in [0.25, 0.3) is 22.6 Å². The van der Waals surface area contributed by atoms with Gasteiger partial charge in [-0.2, -0.15) is 8.76 Å². The molecule has 0 atom stereocenters. The molecule has 0 radical (unpaired) electrons. The number of aliphatic imine (C=N–C) groups is 1. The summed E-state index contributed by atoms with van der Waals surface area (Å²) in [5.74, 6) is 0.891. The number of hydrogen-bond donors (Lipinski definition) is 2. The van der Waals surface area contributed by atoms with Crippen LogP contribution in [0.15, 0.2) is 65.9 Å². The molecular formula is C28H24FN9OS. The van der Waals surface area contributed by atoms with Crippen molar-refractivity contribution in [3.05, 3.63) is 94.4 Å². The second-order valence-electron chi connectivity index (χ2n) is 8.78. The number of anilines is 2. The third-order valence-electron chi connectivity index (χ3n) is 5.75. The number of carbonyl (C=O) groups excluding carboxylic acids is 1. The molecule has 0 fully saturated rings. The van der Waals surface area contributed by atoms with Crippen LogP contribution >= 0.6 is 11.5 Å². The fourth-order valence-electron chi connectivity index (χ4n) is 3.85. The fraction of sp³-hybridized carbons (Fsp3) is 0.143. The number of halogens is 1. The number of aryl methyl sites for hydroxylation is 2. The predicted octanol–water partition coefficient (Wildman–Crippen LogP) is 4.93. The summed E-state index contributed by atoms with van der Waals surface area (Å²) in [4.78, 5) is 39.3. The minimum Gasteiger partial charge on any atom is -0.347 e. The number of nitrogens with zero attached hydrogens (tertiary/aromatic N) is 7. The van der Waals surface area contributed by atoms with Crippen LogP contribution in [-0.2, 0) is 6.54 Å². The second kappa shape index (κ2) is 11.8. The van der Waals surface area contributed by atoms with Crippen LogP contribution in [0.5, 0.6) is 0 Å². The zero-order valence-corrected chi connectivity index (χ0v) is 22.7. The third kappa shape index (κ3) is 6.35. The summed E-state index contributed by atoms with van der Waals surface area (Å²) < 4.78 is 17.6. The first-order chi connectivity index (χ1) is 19.4. The molecule has 5 heterocycles. The van der Waals surface area contributed by atoms with Gasteiger partial charge in [-0.05, 0) is 61.3 Å². The van der Waals surface area contributed by atoms with Gasteiger partial charge in [0.15, 0.2) is 5.82 Å². The van der Waals surface area contributed by atoms with Gasteiger partial charge in [-0.3, -0.25) is 19.8 Å². The molecule has 0 spiro atoms. The molecule has 2 N–H and O–H groups in total. The van der Waals surface area contributed by atoms with Crippen molar-refractivity contribution >= 4 is 35.3 Å². The molecule has 200 valence electrons. The Kier molecular flexibility index (Phi) is 7.87. The average Bonchev–Trinajstić information content (AvgIpc) is 3.38. The number of hydrogen-bond acceptors (Lipinski definition) is 10. The Morgan fingerprint density at radius 3 is 2.60 bits per heavy atom. The smallest absolute Gasteiger partial charge is 0.270 e. The van der Waals surface area contributed by atoms with Gasteiger partial charge in [-0.25, -0.2) is 15.0 Å². The molecule has 0 aliphatic heterocycles. The van der Waals surface area contributed by atoms with Crippen LogP contribution < -0.4 is 10.6 Å². The van der Waals surface area contributed by atoms with Crippen LogP contribution in [0.2, 0.25) is 0 Å². The van der Waals surface area contributed by atoms with Gasteiger partial charge >= 0.3 is 0 Å². The Bertz CT molecular complexity index is 1690. The van der Waals surface area contributed by atoms with E-state index >= 15 is 0 Å². The molecule has 5 aromatic rings. The van der Waals surface area contributed by atoms with Crippen molar-refractivity contribution in [2.45, 2.75) is 20.4 Å². The van der Waals surface area contributed by atoms with E-state index in [0.29, 0.717) is 34.4 Å². The average molecular weight is 554 g/mol. The summed E-state index contributed by atoms with van der Waals surface area (Å²) in [5, 5.41) is 6.04. The van der Waals surface area contributed by atoms with Crippen molar-refractivity contribution in [2.75, 3.05) is 12.4 Å². The highest BCUT2D eigenvalue weighted by molar-refractivity contribution is 7.08. The summed E-state index contributed by atoms with van der Waals surface area (Å²) in [5.41, 5.74) is 4.50. The quantitative estimate of drug-likeness (QED) is 0.204. The van der Waals surface area contributed by atoms with E-state index in [1.807, 2.05) is 31.2 Å². The molecule has 12 heteroatoms. The minimum absolute atomic E-state index is 0.264. The lowest BCUT2D eigenvalue weighted by atomic mass is 10.1. The zero-order chi connectivity index (χ0) is 28.1. The first-order valence-electron chi connectivity index (χ1n) is 12.2. The number of carbonyl (C=O) groups is 1. The third-order valence-corrected chi connectivity index (χ3v) is 6.48. The molecule has 5 rings (SSSR count). The van der Waals surface area contributed by atoms with Gasteiger partial charge in [-0.1, -0.05) is 6.07 Å². The van der Waals surface area contributed by atoms with E-state index in [1.165, 1.54) is 17.6 Å². The van der Waals surface area contributed by atoms with E-state index in [1.54, 1.807) is 50.8 Å². The summed E-state index contributed by atoms with van der Waals surface area (Å²) in [6, 6.07) is 13.7. The van der Waals surface area contributed by atoms with E-state index in [4.69, 9.17) is 0 Å². The van der Waals surface area contributed by atoms with Crippen molar-refractivity contribution in [3.8, 4) is 22.6 Å². The molecule has 1 amide bonds. The van der Waals surface area contributed by atoms with Crippen LogP contribution in [-0.4, -0.2) is 48.5 Å². The summed E-state index contributed by atoms with van der Waals surface area (Å²) >= 11 is 1.34. The molecule has 10 nitrogen and oxygen atoms in total. The van der Waals surface area contributed by atoms with Crippen LogP contribution in [0.1, 0.15) is 32.3 Å². The van der Waals surface area contributed by atoms with E-state index in [9.17, 15) is 9.18 Å². The molecule has 0 aromatic carbocycles. The largest absolute Gasteiger partial charge is 0.347 e. The number of nitrogens with one attached hydrogen (secondary N) is 2. The Morgan fingerprint density at radius 1 is 1.00 bits per heavy atom. The Labute approximate surface area is 233 Å². The van der Waals surface area contributed by atoms with E-state index in [2.05, 4.69) is 44.9 Å². The van der Waals surface area contributed by atoms with Gasteiger partial charge in [0.2, 0.25) is 5.95 Å².